The molecule has 0 saturated heterocycles. The average molecular weight is 516 g/mol. The van der Waals surface area contributed by atoms with Crippen molar-refractivity contribution >= 4 is 40.0 Å². The minimum absolute atomic E-state index is 1.15. The Morgan fingerprint density at radius 1 is 0.375 bits per heavy atom. The van der Waals surface area contributed by atoms with Gasteiger partial charge in [-0.05, 0) is 96.3 Å². The van der Waals surface area contributed by atoms with Gasteiger partial charge in [-0.3, -0.25) is 0 Å². The molecule has 40 heavy (non-hydrogen) atoms. The molecule has 0 aromatic heterocycles. The van der Waals surface area contributed by atoms with Crippen LogP contribution in [0.25, 0.3) is 34.1 Å². The lowest BCUT2D eigenvalue weighted by molar-refractivity contribution is 1.27. The van der Waals surface area contributed by atoms with Gasteiger partial charge in [-0.2, -0.15) is 0 Å². The smallest absolute Gasteiger partial charge is 0.0468 e. The highest BCUT2D eigenvalue weighted by molar-refractivity contribution is 5.92. The molecule has 0 saturated carbocycles. The molecule has 0 amide bonds. The molecule has 1 nitrogen and oxygen atoms in total. The van der Waals surface area contributed by atoms with Crippen LogP contribution >= 0.6 is 0 Å². The zero-order valence-corrected chi connectivity index (χ0v) is 23.3. The van der Waals surface area contributed by atoms with Crippen LogP contribution in [0.2, 0.25) is 0 Å². The third-order valence-corrected chi connectivity index (χ3v) is 7.46. The molecule has 0 heterocycles. The number of rotatable bonds is 6. The maximum Gasteiger partial charge on any atom is 0.0468 e. The Labute approximate surface area is 237 Å². The van der Waals surface area contributed by atoms with E-state index in [1.807, 2.05) is 0 Å². The van der Waals surface area contributed by atoms with Gasteiger partial charge >= 0.3 is 0 Å². The van der Waals surface area contributed by atoms with E-state index in [2.05, 4.69) is 171 Å². The lowest BCUT2D eigenvalue weighted by Gasteiger charge is -2.26. The minimum atomic E-state index is 1.15. The van der Waals surface area contributed by atoms with Crippen molar-refractivity contribution in [2.24, 2.45) is 0 Å². The summed E-state index contributed by atoms with van der Waals surface area (Å²) in [6.45, 7) is 6.37. The quantitative estimate of drug-likeness (QED) is 0.199. The Kier molecular flexibility index (Phi) is 7.04. The Morgan fingerprint density at radius 3 is 1.32 bits per heavy atom. The van der Waals surface area contributed by atoms with Crippen molar-refractivity contribution in [1.82, 2.24) is 0 Å². The number of nitrogens with zero attached hydrogens (tertiary/aromatic N) is 1. The summed E-state index contributed by atoms with van der Waals surface area (Å²) in [5, 5.41) is 2.46. The summed E-state index contributed by atoms with van der Waals surface area (Å²) in [6, 6.07) is 48.4. The summed E-state index contributed by atoms with van der Waals surface area (Å²) in [6.07, 6.45) is 4.34. The first-order valence-electron chi connectivity index (χ1n) is 13.8. The van der Waals surface area contributed by atoms with E-state index in [9.17, 15) is 0 Å². The molecule has 0 aliphatic rings. The van der Waals surface area contributed by atoms with Gasteiger partial charge in [-0.15, -0.1) is 0 Å². The summed E-state index contributed by atoms with van der Waals surface area (Å²) < 4.78 is 0. The van der Waals surface area contributed by atoms with Gasteiger partial charge in [0.05, 0.1) is 0 Å². The molecule has 0 fully saturated rings. The predicted molar refractivity (Wildman–Crippen MR) is 174 cm³/mol. The third-order valence-electron chi connectivity index (χ3n) is 7.46. The minimum Gasteiger partial charge on any atom is -0.310 e. The molecule has 0 bridgehead atoms. The van der Waals surface area contributed by atoms with E-state index >= 15 is 0 Å². The van der Waals surface area contributed by atoms with Gasteiger partial charge in [0.1, 0.15) is 0 Å². The molecule has 194 valence electrons. The summed E-state index contributed by atoms with van der Waals surface area (Å²) in [4.78, 5) is 2.33. The summed E-state index contributed by atoms with van der Waals surface area (Å²) in [5.74, 6) is 0. The highest BCUT2D eigenvalue weighted by Gasteiger charge is 2.13. The first kappa shape index (κ1) is 25.4. The largest absolute Gasteiger partial charge is 0.310 e. The van der Waals surface area contributed by atoms with E-state index in [0.717, 1.165) is 17.1 Å². The number of fused-ring (bicyclic) bond motifs is 1. The van der Waals surface area contributed by atoms with Gasteiger partial charge < -0.3 is 4.90 Å². The zero-order chi connectivity index (χ0) is 27.5. The van der Waals surface area contributed by atoms with Gasteiger partial charge in [-0.25, -0.2) is 0 Å². The predicted octanol–water partition coefficient (Wildman–Crippen LogP) is 11.1. The number of benzene rings is 6. The Bertz CT molecular complexity index is 1730. The first-order chi connectivity index (χ1) is 19.5. The van der Waals surface area contributed by atoms with Gasteiger partial charge in [0, 0.05) is 17.1 Å². The van der Waals surface area contributed by atoms with Crippen molar-refractivity contribution in [2.75, 3.05) is 4.90 Å². The van der Waals surface area contributed by atoms with Crippen molar-refractivity contribution in [3.63, 3.8) is 0 Å². The number of anilines is 3. The van der Waals surface area contributed by atoms with Crippen molar-refractivity contribution in [2.45, 2.75) is 20.8 Å². The summed E-state index contributed by atoms with van der Waals surface area (Å²) in [5.41, 5.74) is 12.1. The molecular formula is C39H33N. The van der Waals surface area contributed by atoms with Crippen LogP contribution in [-0.4, -0.2) is 0 Å². The maximum atomic E-state index is 2.33. The summed E-state index contributed by atoms with van der Waals surface area (Å²) in [7, 11) is 0. The monoisotopic (exact) mass is 515 g/mol. The first-order valence-corrected chi connectivity index (χ1v) is 13.8. The second-order valence-electron chi connectivity index (χ2n) is 10.6. The van der Waals surface area contributed by atoms with Crippen LogP contribution in [0, 0.1) is 20.8 Å². The molecule has 0 atom stereocenters. The van der Waals surface area contributed by atoms with E-state index < -0.39 is 0 Å². The van der Waals surface area contributed by atoms with Crippen molar-refractivity contribution in [3.05, 3.63) is 161 Å². The summed E-state index contributed by atoms with van der Waals surface area (Å²) >= 11 is 0. The fraction of sp³-hybridized carbons (Fsp3) is 0.0769. The second kappa shape index (κ2) is 11.1. The molecule has 6 aromatic rings. The molecule has 0 aliphatic heterocycles. The van der Waals surface area contributed by atoms with E-state index in [0.29, 0.717) is 0 Å². The Hall–Kier alpha value is -4.88. The SMILES string of the molecule is Cc1ccc(/C=C/c2ccc(-c3ccc4cc(N(c5ccc(C)cc5)c5ccc(C)cc5)ccc4c3)cc2)cc1. The number of aryl methyl sites for hydroxylation is 3. The van der Waals surface area contributed by atoms with Gasteiger partial charge in [0.15, 0.2) is 0 Å². The average Bonchev–Trinajstić information content (AvgIpc) is 2.99. The molecule has 0 spiro atoms. The number of hydrogen-bond donors (Lipinski definition) is 0. The molecule has 0 radical (unpaired) electrons. The standard InChI is InChI=1S/C39H33N/c1-28-4-10-31(11-5-28)12-13-32-14-16-33(17-15-32)34-18-19-36-27-39(25-20-35(36)26-34)40(37-21-6-29(2)7-22-37)38-23-8-30(3)9-24-38/h4-27H,1-3H3/b13-12+. The van der Waals surface area contributed by atoms with Crippen LogP contribution in [0.1, 0.15) is 27.8 Å². The highest BCUT2D eigenvalue weighted by Crippen LogP contribution is 2.37. The second-order valence-corrected chi connectivity index (χ2v) is 10.6. The van der Waals surface area contributed by atoms with E-state index in [1.54, 1.807) is 0 Å². The van der Waals surface area contributed by atoms with Crippen molar-refractivity contribution in [1.29, 1.82) is 0 Å². The Balaban J connectivity index is 1.28. The topological polar surface area (TPSA) is 3.24 Å². The van der Waals surface area contributed by atoms with Gasteiger partial charge in [0.2, 0.25) is 0 Å². The van der Waals surface area contributed by atoms with Crippen molar-refractivity contribution in [3.8, 4) is 11.1 Å². The molecule has 6 aromatic carbocycles. The molecule has 0 N–H and O–H groups in total. The number of hydrogen-bond acceptors (Lipinski definition) is 1. The molecule has 0 aliphatic carbocycles. The van der Waals surface area contributed by atoms with E-state index in [1.165, 1.54) is 49.7 Å². The highest BCUT2D eigenvalue weighted by atomic mass is 15.1. The van der Waals surface area contributed by atoms with Gasteiger partial charge in [0.25, 0.3) is 0 Å². The Morgan fingerprint density at radius 2 is 0.775 bits per heavy atom. The van der Waals surface area contributed by atoms with Gasteiger partial charge in [-0.1, -0.05) is 120 Å². The van der Waals surface area contributed by atoms with E-state index in [4.69, 9.17) is 0 Å². The molecule has 6 rings (SSSR count). The lowest BCUT2D eigenvalue weighted by Crippen LogP contribution is -2.09. The van der Waals surface area contributed by atoms with Crippen LogP contribution in [0.4, 0.5) is 17.1 Å². The lowest BCUT2D eigenvalue weighted by atomic mass is 9.99. The fourth-order valence-electron chi connectivity index (χ4n) is 5.04. The zero-order valence-electron chi connectivity index (χ0n) is 23.3. The van der Waals surface area contributed by atoms with Crippen LogP contribution in [-0.2, 0) is 0 Å². The molecule has 1 heteroatoms. The molecule has 0 unspecified atom stereocenters. The van der Waals surface area contributed by atoms with Crippen LogP contribution in [0.3, 0.4) is 0 Å². The molecular weight excluding hydrogens is 482 g/mol. The maximum absolute atomic E-state index is 2.33. The third kappa shape index (κ3) is 5.60. The van der Waals surface area contributed by atoms with Crippen LogP contribution in [0.15, 0.2) is 133 Å². The van der Waals surface area contributed by atoms with E-state index in [-0.39, 0.29) is 0 Å². The van der Waals surface area contributed by atoms with Crippen LogP contribution in [0.5, 0.6) is 0 Å². The fourth-order valence-corrected chi connectivity index (χ4v) is 5.04. The normalized spacial score (nSPS) is 11.3. The van der Waals surface area contributed by atoms with Crippen LogP contribution < -0.4 is 4.90 Å². The van der Waals surface area contributed by atoms with Crippen molar-refractivity contribution < 1.29 is 0 Å².